The van der Waals surface area contributed by atoms with E-state index >= 15 is 0 Å². The molecule has 1 atom stereocenters. The lowest BCUT2D eigenvalue weighted by molar-refractivity contribution is -0.137. The van der Waals surface area contributed by atoms with E-state index in [9.17, 15) is 26.7 Å². The maximum Gasteiger partial charge on any atom is 0.417 e. The third-order valence-electron chi connectivity index (χ3n) is 3.18. The van der Waals surface area contributed by atoms with Crippen LogP contribution in [0.1, 0.15) is 12.0 Å². The highest BCUT2D eigenvalue weighted by Crippen LogP contribution is 2.34. The van der Waals surface area contributed by atoms with Crippen molar-refractivity contribution in [1.82, 2.24) is 10.3 Å². The van der Waals surface area contributed by atoms with Gasteiger partial charge in [0.2, 0.25) is 0 Å². The zero-order valence-corrected chi connectivity index (χ0v) is 11.8. The summed E-state index contributed by atoms with van der Waals surface area (Å²) in [5, 5.41) is 1.97. The molecule has 0 bridgehead atoms. The highest BCUT2D eigenvalue weighted by Gasteiger charge is 2.33. The van der Waals surface area contributed by atoms with Crippen LogP contribution in [0.5, 0.6) is 0 Å². The molecule has 1 aromatic heterocycles. The quantitative estimate of drug-likeness (QED) is 0.858. The average Bonchev–Trinajstić information content (AvgIpc) is 2.85. The normalized spacial score (nSPS) is 18.9. The van der Waals surface area contributed by atoms with Gasteiger partial charge in [-0.25, -0.2) is 4.98 Å². The molecule has 1 aliphatic rings. The maximum absolute atomic E-state index is 12.5. The fourth-order valence-electron chi connectivity index (χ4n) is 2.15. The zero-order valence-electron chi connectivity index (χ0n) is 11.0. The van der Waals surface area contributed by atoms with E-state index in [0.717, 1.165) is 6.07 Å². The van der Waals surface area contributed by atoms with Crippen LogP contribution in [-0.2, 0) is 11.0 Å². The lowest BCUT2D eigenvalue weighted by atomic mass is 10.2. The van der Waals surface area contributed by atoms with Gasteiger partial charge in [0.05, 0.1) is 10.6 Å². The number of carbonyl (C=O) groups excluding carboxylic acids is 1. The van der Waals surface area contributed by atoms with Gasteiger partial charge in [0.15, 0.2) is 0 Å². The van der Waals surface area contributed by atoms with Gasteiger partial charge in [-0.15, -0.1) is 0 Å². The van der Waals surface area contributed by atoms with Crippen molar-refractivity contribution >= 4 is 23.3 Å². The number of rotatable bonds is 3. The number of nitrogens with zero attached hydrogens (tertiary/aromatic N) is 2. The second-order valence-corrected chi connectivity index (χ2v) is 5.18. The number of halogens is 6. The van der Waals surface area contributed by atoms with Crippen molar-refractivity contribution in [1.29, 1.82) is 0 Å². The number of carbonyl (C=O) groups is 1. The topological polar surface area (TPSA) is 45.2 Å². The number of hydrogen-bond acceptors (Lipinski definition) is 3. The van der Waals surface area contributed by atoms with E-state index in [1.165, 1.54) is 0 Å². The Morgan fingerprint density at radius 3 is 2.68 bits per heavy atom. The van der Waals surface area contributed by atoms with Gasteiger partial charge in [0.25, 0.3) is 5.91 Å². The first-order valence-electron chi connectivity index (χ1n) is 6.24. The summed E-state index contributed by atoms with van der Waals surface area (Å²) in [5.41, 5.74) is -0.969. The van der Waals surface area contributed by atoms with Crippen LogP contribution in [0.25, 0.3) is 0 Å². The molecule has 0 saturated carbocycles. The third kappa shape index (κ3) is 3.76. The summed E-state index contributed by atoms with van der Waals surface area (Å²) < 4.78 is 61.9. The van der Waals surface area contributed by atoms with Crippen LogP contribution >= 0.6 is 11.6 Å². The molecule has 1 fully saturated rings. The molecule has 0 aliphatic carbocycles. The molecule has 1 aliphatic heterocycles. The number of aromatic nitrogens is 1. The van der Waals surface area contributed by atoms with E-state index < -0.39 is 30.1 Å². The van der Waals surface area contributed by atoms with Gasteiger partial charge in [-0.3, -0.25) is 4.79 Å². The van der Waals surface area contributed by atoms with Crippen LogP contribution in [0.3, 0.4) is 0 Å². The molecule has 2 heterocycles. The lowest BCUT2D eigenvalue weighted by Gasteiger charge is -2.20. The first kappa shape index (κ1) is 16.7. The van der Waals surface area contributed by atoms with Gasteiger partial charge in [-0.2, -0.15) is 22.0 Å². The average molecular weight is 344 g/mol. The molecule has 4 nitrogen and oxygen atoms in total. The smallest absolute Gasteiger partial charge is 0.353 e. The number of amides is 1. The Morgan fingerprint density at radius 1 is 1.45 bits per heavy atom. The Kier molecular flexibility index (Phi) is 4.74. The minimum Gasteiger partial charge on any atom is -0.353 e. The van der Waals surface area contributed by atoms with Crippen LogP contribution in [0.2, 0.25) is 5.02 Å². The SMILES string of the molecule is O=C(NC1CCN(c2ncc(C(F)(F)F)cc2Cl)C1)C(F)F. The van der Waals surface area contributed by atoms with Crippen molar-refractivity contribution in [2.24, 2.45) is 0 Å². The Labute approximate surface area is 127 Å². The van der Waals surface area contributed by atoms with E-state index in [-0.39, 0.29) is 17.4 Å². The Hall–Kier alpha value is -1.64. The van der Waals surface area contributed by atoms with Crippen LogP contribution < -0.4 is 10.2 Å². The first-order chi connectivity index (χ1) is 10.2. The van der Waals surface area contributed by atoms with Gasteiger partial charge in [0, 0.05) is 25.3 Å². The number of anilines is 1. The molecule has 0 radical (unpaired) electrons. The van der Waals surface area contributed by atoms with Crippen molar-refractivity contribution in [2.45, 2.75) is 25.1 Å². The predicted molar refractivity (Wildman–Crippen MR) is 69.0 cm³/mol. The summed E-state index contributed by atoms with van der Waals surface area (Å²) in [7, 11) is 0. The monoisotopic (exact) mass is 343 g/mol. The Morgan fingerprint density at radius 2 is 2.14 bits per heavy atom. The second-order valence-electron chi connectivity index (χ2n) is 4.77. The molecule has 2 rings (SSSR count). The summed E-state index contributed by atoms with van der Waals surface area (Å²) >= 11 is 5.81. The molecular weight excluding hydrogens is 333 g/mol. The summed E-state index contributed by atoms with van der Waals surface area (Å²) in [6.07, 6.45) is -6.63. The van der Waals surface area contributed by atoms with Gasteiger partial charge in [-0.1, -0.05) is 11.6 Å². The summed E-state index contributed by atoms with van der Waals surface area (Å²) in [5.74, 6) is -1.25. The van der Waals surface area contributed by atoms with Crippen molar-refractivity contribution in [3.05, 3.63) is 22.8 Å². The summed E-state index contributed by atoms with van der Waals surface area (Å²) in [6.45, 7) is 0.489. The zero-order chi connectivity index (χ0) is 16.5. The summed E-state index contributed by atoms with van der Waals surface area (Å²) in [4.78, 5) is 16.1. The largest absolute Gasteiger partial charge is 0.417 e. The molecule has 122 valence electrons. The van der Waals surface area contributed by atoms with Crippen molar-refractivity contribution in [3.63, 3.8) is 0 Å². The molecule has 0 aromatic carbocycles. The fourth-order valence-corrected chi connectivity index (χ4v) is 2.44. The number of hydrogen-bond donors (Lipinski definition) is 1. The van der Waals surface area contributed by atoms with Crippen LogP contribution in [-0.4, -0.2) is 36.4 Å². The molecule has 1 saturated heterocycles. The summed E-state index contributed by atoms with van der Waals surface area (Å²) in [6, 6.07) is 0.233. The van der Waals surface area contributed by atoms with Crippen LogP contribution in [0.15, 0.2) is 12.3 Å². The first-order valence-corrected chi connectivity index (χ1v) is 6.62. The van der Waals surface area contributed by atoms with E-state index in [2.05, 4.69) is 10.3 Å². The van der Waals surface area contributed by atoms with Gasteiger partial charge in [0.1, 0.15) is 5.82 Å². The highest BCUT2D eigenvalue weighted by molar-refractivity contribution is 6.33. The lowest BCUT2D eigenvalue weighted by Crippen LogP contribution is -2.40. The Bertz CT molecular complexity index is 566. The third-order valence-corrected chi connectivity index (χ3v) is 3.46. The minimum atomic E-state index is -4.55. The molecule has 1 N–H and O–H groups in total. The van der Waals surface area contributed by atoms with Gasteiger partial charge < -0.3 is 10.2 Å². The molecule has 10 heteroatoms. The number of nitrogens with one attached hydrogen (secondary N) is 1. The molecular formula is C12H11ClF5N3O. The van der Waals surface area contributed by atoms with E-state index in [0.29, 0.717) is 19.2 Å². The highest BCUT2D eigenvalue weighted by atomic mass is 35.5. The standard InChI is InChI=1S/C12H11ClF5N3O/c13-8-3-6(12(16,17)18)4-19-10(8)21-2-1-7(5-21)20-11(22)9(14)15/h3-4,7,9H,1-2,5H2,(H,20,22). The van der Waals surface area contributed by atoms with Crippen molar-refractivity contribution < 1.29 is 26.7 Å². The molecule has 0 spiro atoms. The van der Waals surface area contributed by atoms with Crippen LogP contribution in [0, 0.1) is 0 Å². The van der Waals surface area contributed by atoms with E-state index in [1.54, 1.807) is 4.90 Å². The maximum atomic E-state index is 12.5. The second kappa shape index (κ2) is 6.23. The fraction of sp³-hybridized carbons (Fsp3) is 0.500. The molecule has 1 unspecified atom stereocenters. The predicted octanol–water partition coefficient (Wildman–Crippen LogP) is 2.71. The minimum absolute atomic E-state index is 0.128. The van der Waals surface area contributed by atoms with Crippen molar-refractivity contribution in [2.75, 3.05) is 18.0 Å². The van der Waals surface area contributed by atoms with E-state index in [4.69, 9.17) is 11.6 Å². The Balaban J connectivity index is 2.06. The van der Waals surface area contributed by atoms with Crippen LogP contribution in [0.4, 0.5) is 27.8 Å². The number of alkyl halides is 5. The van der Waals surface area contributed by atoms with Gasteiger partial charge >= 0.3 is 12.6 Å². The molecule has 22 heavy (non-hydrogen) atoms. The van der Waals surface area contributed by atoms with Gasteiger partial charge in [-0.05, 0) is 12.5 Å². The molecule has 1 amide bonds. The van der Waals surface area contributed by atoms with Crippen molar-refractivity contribution in [3.8, 4) is 0 Å². The van der Waals surface area contributed by atoms with E-state index in [1.807, 2.05) is 0 Å². The molecule has 1 aromatic rings. The number of pyridine rings is 1.